The van der Waals surface area contributed by atoms with Gasteiger partial charge in [0.15, 0.2) is 0 Å². The van der Waals surface area contributed by atoms with Crippen LogP contribution < -0.4 is 5.32 Å². The van der Waals surface area contributed by atoms with Crippen LogP contribution in [-0.4, -0.2) is 16.3 Å². The first-order valence-corrected chi connectivity index (χ1v) is 6.49. The molecule has 1 unspecified atom stereocenters. The predicted octanol–water partition coefficient (Wildman–Crippen LogP) is 3.30. The molecule has 0 aromatic carbocycles. The van der Waals surface area contributed by atoms with Gasteiger partial charge in [-0.05, 0) is 19.4 Å². The van der Waals surface area contributed by atoms with Crippen LogP contribution in [0.5, 0.6) is 0 Å². The van der Waals surface area contributed by atoms with Crippen molar-refractivity contribution in [3.05, 3.63) is 16.9 Å². The van der Waals surface area contributed by atoms with E-state index in [4.69, 9.17) is 11.6 Å². The van der Waals surface area contributed by atoms with Crippen LogP contribution in [-0.2, 0) is 7.05 Å². The van der Waals surface area contributed by atoms with Gasteiger partial charge in [0.05, 0.1) is 23.0 Å². The monoisotopic (exact) mass is 243 g/mol. The van der Waals surface area contributed by atoms with E-state index >= 15 is 0 Å². The highest BCUT2D eigenvalue weighted by atomic mass is 35.5. The van der Waals surface area contributed by atoms with Crippen molar-refractivity contribution >= 4 is 11.6 Å². The fraction of sp³-hybridized carbons (Fsp3) is 0.750. The molecule has 1 N–H and O–H groups in total. The summed E-state index contributed by atoms with van der Waals surface area (Å²) in [6.45, 7) is 5.41. The molecule has 4 heteroatoms. The van der Waals surface area contributed by atoms with Crippen molar-refractivity contribution in [2.45, 2.75) is 45.6 Å². The summed E-state index contributed by atoms with van der Waals surface area (Å²) in [7, 11) is 1.95. The average Bonchev–Trinajstić information content (AvgIpc) is 2.60. The van der Waals surface area contributed by atoms with Crippen LogP contribution in [0, 0.1) is 0 Å². The standard InChI is InChI=1S/C12H22ClN3/c1-4-6-7-11(14-8-5-2)12-10(13)9-15-16(12)3/h9,11,14H,4-8H2,1-3H3. The van der Waals surface area contributed by atoms with E-state index in [0.717, 1.165) is 30.1 Å². The molecule has 0 amide bonds. The van der Waals surface area contributed by atoms with Crippen molar-refractivity contribution in [3.63, 3.8) is 0 Å². The number of aromatic nitrogens is 2. The maximum atomic E-state index is 6.17. The minimum absolute atomic E-state index is 0.333. The second-order valence-electron chi connectivity index (χ2n) is 4.15. The van der Waals surface area contributed by atoms with Gasteiger partial charge in [-0.15, -0.1) is 0 Å². The van der Waals surface area contributed by atoms with Gasteiger partial charge in [-0.3, -0.25) is 4.68 Å². The smallest absolute Gasteiger partial charge is 0.0833 e. The fourth-order valence-electron chi connectivity index (χ4n) is 1.87. The van der Waals surface area contributed by atoms with E-state index in [1.807, 2.05) is 11.7 Å². The Morgan fingerprint density at radius 1 is 1.44 bits per heavy atom. The Kier molecular flexibility index (Phi) is 5.85. The molecule has 0 aliphatic heterocycles. The van der Waals surface area contributed by atoms with Crippen molar-refractivity contribution < 1.29 is 0 Å². The van der Waals surface area contributed by atoms with Crippen LogP contribution in [0.15, 0.2) is 6.20 Å². The van der Waals surface area contributed by atoms with E-state index in [-0.39, 0.29) is 0 Å². The molecule has 1 aromatic heterocycles. The van der Waals surface area contributed by atoms with Crippen LogP contribution in [0.25, 0.3) is 0 Å². The second-order valence-corrected chi connectivity index (χ2v) is 4.56. The molecule has 0 saturated carbocycles. The quantitative estimate of drug-likeness (QED) is 0.796. The minimum Gasteiger partial charge on any atom is -0.309 e. The topological polar surface area (TPSA) is 29.9 Å². The minimum atomic E-state index is 0.333. The van der Waals surface area contributed by atoms with Gasteiger partial charge in [0.2, 0.25) is 0 Å². The molecule has 3 nitrogen and oxygen atoms in total. The van der Waals surface area contributed by atoms with Gasteiger partial charge in [0, 0.05) is 7.05 Å². The summed E-state index contributed by atoms with van der Waals surface area (Å²) in [4.78, 5) is 0. The van der Waals surface area contributed by atoms with E-state index in [9.17, 15) is 0 Å². The van der Waals surface area contributed by atoms with Crippen molar-refractivity contribution in [2.24, 2.45) is 7.05 Å². The zero-order valence-electron chi connectivity index (χ0n) is 10.5. The highest BCUT2D eigenvalue weighted by molar-refractivity contribution is 6.31. The van der Waals surface area contributed by atoms with Crippen LogP contribution >= 0.6 is 11.6 Å². The molecule has 0 spiro atoms. The first-order chi connectivity index (χ1) is 7.70. The molecule has 92 valence electrons. The number of unbranched alkanes of at least 4 members (excludes halogenated alkanes) is 1. The average molecular weight is 244 g/mol. The fourth-order valence-corrected chi connectivity index (χ4v) is 2.17. The second kappa shape index (κ2) is 6.92. The molecule has 0 aliphatic carbocycles. The third-order valence-corrected chi connectivity index (χ3v) is 3.05. The Balaban J connectivity index is 2.74. The number of hydrogen-bond donors (Lipinski definition) is 1. The maximum Gasteiger partial charge on any atom is 0.0833 e. The molecular formula is C12H22ClN3. The largest absolute Gasteiger partial charge is 0.309 e. The van der Waals surface area contributed by atoms with Crippen molar-refractivity contribution in [3.8, 4) is 0 Å². The van der Waals surface area contributed by atoms with Gasteiger partial charge in [-0.2, -0.15) is 5.10 Å². The molecule has 0 fully saturated rings. The van der Waals surface area contributed by atoms with Crippen molar-refractivity contribution in [1.82, 2.24) is 15.1 Å². The number of hydrogen-bond acceptors (Lipinski definition) is 2. The summed E-state index contributed by atoms with van der Waals surface area (Å²) in [5.41, 5.74) is 1.11. The summed E-state index contributed by atoms with van der Waals surface area (Å²) < 4.78 is 1.88. The molecule has 16 heavy (non-hydrogen) atoms. The van der Waals surface area contributed by atoms with Crippen molar-refractivity contribution in [1.29, 1.82) is 0 Å². The lowest BCUT2D eigenvalue weighted by Gasteiger charge is -2.19. The predicted molar refractivity (Wildman–Crippen MR) is 68.8 cm³/mol. The van der Waals surface area contributed by atoms with Crippen LogP contribution in [0.1, 0.15) is 51.3 Å². The first-order valence-electron chi connectivity index (χ1n) is 6.11. The molecule has 0 saturated heterocycles. The third kappa shape index (κ3) is 3.49. The summed E-state index contributed by atoms with van der Waals surface area (Å²) in [6.07, 6.45) is 6.40. The van der Waals surface area contributed by atoms with Gasteiger partial charge in [0.25, 0.3) is 0 Å². The van der Waals surface area contributed by atoms with E-state index < -0.39 is 0 Å². The van der Waals surface area contributed by atoms with Crippen molar-refractivity contribution in [2.75, 3.05) is 6.54 Å². The molecule has 1 rings (SSSR count). The Morgan fingerprint density at radius 3 is 2.69 bits per heavy atom. The van der Waals surface area contributed by atoms with Crippen LogP contribution in [0.2, 0.25) is 5.02 Å². The molecular weight excluding hydrogens is 222 g/mol. The maximum absolute atomic E-state index is 6.17. The van der Waals surface area contributed by atoms with E-state index in [2.05, 4.69) is 24.3 Å². The lowest BCUT2D eigenvalue weighted by molar-refractivity contribution is 0.454. The lowest BCUT2D eigenvalue weighted by atomic mass is 10.1. The van der Waals surface area contributed by atoms with E-state index in [1.54, 1.807) is 6.20 Å². The first kappa shape index (κ1) is 13.5. The van der Waals surface area contributed by atoms with Gasteiger partial charge in [-0.1, -0.05) is 38.3 Å². The molecule has 0 radical (unpaired) electrons. The van der Waals surface area contributed by atoms with Gasteiger partial charge < -0.3 is 5.32 Å². The Bertz CT molecular complexity index is 282. The highest BCUT2D eigenvalue weighted by Gasteiger charge is 2.17. The zero-order valence-corrected chi connectivity index (χ0v) is 11.2. The van der Waals surface area contributed by atoms with Crippen LogP contribution in [0.4, 0.5) is 0 Å². The zero-order chi connectivity index (χ0) is 12.0. The number of nitrogens with zero attached hydrogens (tertiary/aromatic N) is 2. The summed E-state index contributed by atoms with van der Waals surface area (Å²) >= 11 is 6.17. The molecule has 1 heterocycles. The van der Waals surface area contributed by atoms with Gasteiger partial charge in [-0.25, -0.2) is 0 Å². The van der Waals surface area contributed by atoms with Gasteiger partial charge >= 0.3 is 0 Å². The number of nitrogens with one attached hydrogen (secondary N) is 1. The third-order valence-electron chi connectivity index (χ3n) is 2.75. The lowest BCUT2D eigenvalue weighted by Crippen LogP contribution is -2.24. The van der Waals surface area contributed by atoms with E-state index in [0.29, 0.717) is 6.04 Å². The molecule has 0 aliphatic rings. The molecule has 1 atom stereocenters. The number of rotatable bonds is 7. The normalized spacial score (nSPS) is 13.0. The summed E-state index contributed by atoms with van der Waals surface area (Å²) in [5.74, 6) is 0. The number of aryl methyl sites for hydroxylation is 1. The Labute approximate surface area is 103 Å². The highest BCUT2D eigenvalue weighted by Crippen LogP contribution is 2.25. The molecule has 1 aromatic rings. The summed E-state index contributed by atoms with van der Waals surface area (Å²) in [5, 5.41) is 8.51. The summed E-state index contributed by atoms with van der Waals surface area (Å²) in [6, 6.07) is 0.333. The Hall–Kier alpha value is -0.540. The Morgan fingerprint density at radius 2 is 2.19 bits per heavy atom. The molecule has 0 bridgehead atoms. The van der Waals surface area contributed by atoms with Crippen LogP contribution in [0.3, 0.4) is 0 Å². The van der Waals surface area contributed by atoms with E-state index in [1.165, 1.54) is 12.8 Å². The number of halogens is 1. The van der Waals surface area contributed by atoms with Gasteiger partial charge in [0.1, 0.15) is 0 Å². The SMILES string of the molecule is CCCCC(NCCC)c1c(Cl)cnn1C.